The van der Waals surface area contributed by atoms with Gasteiger partial charge >= 0.3 is 0 Å². The summed E-state index contributed by atoms with van der Waals surface area (Å²) in [5.41, 5.74) is 2.08. The average molecular weight is 384 g/mol. The summed E-state index contributed by atoms with van der Waals surface area (Å²) in [6, 6.07) is 10.6. The third kappa shape index (κ3) is 3.39. The van der Waals surface area contributed by atoms with Gasteiger partial charge in [-0.15, -0.1) is 11.3 Å². The number of amides is 1. The fourth-order valence-corrected chi connectivity index (χ4v) is 3.38. The van der Waals surface area contributed by atoms with Crippen molar-refractivity contribution in [2.45, 2.75) is 0 Å². The Bertz CT molecular complexity index is 1000. The van der Waals surface area contributed by atoms with Crippen molar-refractivity contribution in [3.8, 4) is 34.3 Å². The minimum Gasteiger partial charge on any atom is -0.493 e. The molecule has 138 valence electrons. The van der Waals surface area contributed by atoms with Crippen molar-refractivity contribution < 1.29 is 23.7 Å². The Labute approximate surface area is 159 Å². The quantitative estimate of drug-likeness (QED) is 0.721. The van der Waals surface area contributed by atoms with Crippen LogP contribution in [-0.4, -0.2) is 31.9 Å². The molecule has 0 saturated heterocycles. The Balaban J connectivity index is 1.52. The highest BCUT2D eigenvalue weighted by molar-refractivity contribution is 7.14. The van der Waals surface area contributed by atoms with E-state index in [9.17, 15) is 4.79 Å². The molecule has 4 rings (SSSR count). The number of benzene rings is 2. The summed E-state index contributed by atoms with van der Waals surface area (Å²) in [5.74, 6) is 2.20. The third-order valence-electron chi connectivity index (χ3n) is 4.04. The van der Waals surface area contributed by atoms with Gasteiger partial charge in [-0.05, 0) is 36.4 Å². The molecular weight excluding hydrogens is 368 g/mol. The highest BCUT2D eigenvalue weighted by atomic mass is 32.1. The highest BCUT2D eigenvalue weighted by Crippen LogP contribution is 2.34. The minimum atomic E-state index is -0.262. The van der Waals surface area contributed by atoms with Crippen LogP contribution in [-0.2, 0) is 0 Å². The van der Waals surface area contributed by atoms with E-state index in [0.29, 0.717) is 33.7 Å². The molecular formula is C19H16N2O5S. The van der Waals surface area contributed by atoms with Crippen molar-refractivity contribution in [2.75, 3.05) is 26.3 Å². The number of methoxy groups -OCH3 is 2. The Kier molecular flexibility index (Phi) is 4.55. The number of fused-ring (bicyclic) bond motifs is 1. The number of hydrogen-bond acceptors (Lipinski definition) is 7. The van der Waals surface area contributed by atoms with Gasteiger partial charge in [0, 0.05) is 16.5 Å². The van der Waals surface area contributed by atoms with Crippen LogP contribution in [0.4, 0.5) is 5.13 Å². The Morgan fingerprint density at radius 3 is 2.70 bits per heavy atom. The number of carbonyl (C=O) groups excluding carboxylic acids is 1. The second kappa shape index (κ2) is 7.16. The molecule has 7 nitrogen and oxygen atoms in total. The van der Waals surface area contributed by atoms with Crippen LogP contribution in [0.5, 0.6) is 23.0 Å². The van der Waals surface area contributed by atoms with E-state index in [2.05, 4.69) is 10.3 Å². The summed E-state index contributed by atoms with van der Waals surface area (Å²) >= 11 is 1.35. The van der Waals surface area contributed by atoms with E-state index < -0.39 is 0 Å². The molecule has 2 heterocycles. The molecule has 1 aliphatic heterocycles. The maximum absolute atomic E-state index is 12.5. The average Bonchev–Trinajstić information content (AvgIpc) is 3.36. The van der Waals surface area contributed by atoms with Crippen molar-refractivity contribution in [2.24, 2.45) is 0 Å². The highest BCUT2D eigenvalue weighted by Gasteiger charge is 2.17. The van der Waals surface area contributed by atoms with Crippen molar-refractivity contribution >= 4 is 22.4 Å². The second-order valence-corrected chi connectivity index (χ2v) is 6.49. The lowest BCUT2D eigenvalue weighted by Gasteiger charge is -2.08. The number of thiazole rings is 1. The zero-order valence-corrected chi connectivity index (χ0v) is 15.5. The van der Waals surface area contributed by atoms with E-state index >= 15 is 0 Å². The van der Waals surface area contributed by atoms with Crippen LogP contribution in [0.2, 0.25) is 0 Å². The van der Waals surface area contributed by atoms with Crippen molar-refractivity contribution in [1.29, 1.82) is 0 Å². The Morgan fingerprint density at radius 2 is 1.89 bits per heavy atom. The summed E-state index contributed by atoms with van der Waals surface area (Å²) < 4.78 is 21.1. The summed E-state index contributed by atoms with van der Waals surface area (Å²) in [7, 11) is 3.17. The number of hydrogen-bond donors (Lipinski definition) is 1. The molecule has 0 bridgehead atoms. The Hall–Kier alpha value is -3.26. The van der Waals surface area contributed by atoms with Gasteiger partial charge in [-0.1, -0.05) is 0 Å². The smallest absolute Gasteiger partial charge is 0.257 e. The molecule has 1 N–H and O–H groups in total. The molecule has 0 aliphatic carbocycles. The first-order valence-electron chi connectivity index (χ1n) is 8.07. The third-order valence-corrected chi connectivity index (χ3v) is 4.80. The van der Waals surface area contributed by atoms with E-state index in [-0.39, 0.29) is 12.7 Å². The first-order valence-corrected chi connectivity index (χ1v) is 8.95. The first kappa shape index (κ1) is 17.2. The predicted octanol–water partition coefficient (Wildman–Crippen LogP) is 3.81. The number of nitrogens with zero attached hydrogens (tertiary/aromatic N) is 1. The van der Waals surface area contributed by atoms with Crippen molar-refractivity contribution in [3.05, 3.63) is 47.3 Å². The van der Waals surface area contributed by atoms with Crippen LogP contribution < -0.4 is 24.3 Å². The maximum atomic E-state index is 12.5. The number of carbonyl (C=O) groups is 1. The lowest BCUT2D eigenvalue weighted by Crippen LogP contribution is -2.11. The SMILES string of the molecule is COc1ccc(-c2csc(NC(=O)c3ccc4c(c3)OCO4)n2)cc1OC. The van der Waals surface area contributed by atoms with E-state index in [1.165, 1.54) is 11.3 Å². The molecule has 1 amide bonds. The van der Waals surface area contributed by atoms with Crippen LogP contribution in [0.15, 0.2) is 41.8 Å². The Morgan fingerprint density at radius 1 is 1.07 bits per heavy atom. The monoisotopic (exact) mass is 384 g/mol. The fraction of sp³-hybridized carbons (Fsp3) is 0.158. The second-order valence-electron chi connectivity index (χ2n) is 5.63. The van der Waals surface area contributed by atoms with Gasteiger partial charge in [-0.25, -0.2) is 4.98 Å². The number of aromatic nitrogens is 1. The van der Waals surface area contributed by atoms with Gasteiger partial charge in [0.15, 0.2) is 28.1 Å². The lowest BCUT2D eigenvalue weighted by molar-refractivity contribution is 0.102. The molecule has 8 heteroatoms. The van der Waals surface area contributed by atoms with Gasteiger partial charge in [0.05, 0.1) is 19.9 Å². The molecule has 1 aromatic heterocycles. The van der Waals surface area contributed by atoms with Crippen LogP contribution in [0, 0.1) is 0 Å². The van der Waals surface area contributed by atoms with Crippen LogP contribution >= 0.6 is 11.3 Å². The molecule has 0 saturated carbocycles. The zero-order valence-electron chi connectivity index (χ0n) is 14.6. The van der Waals surface area contributed by atoms with Crippen molar-refractivity contribution in [1.82, 2.24) is 4.98 Å². The van der Waals surface area contributed by atoms with E-state index in [1.807, 2.05) is 23.6 Å². The lowest BCUT2D eigenvalue weighted by atomic mass is 10.1. The maximum Gasteiger partial charge on any atom is 0.257 e. The summed E-state index contributed by atoms with van der Waals surface area (Å²) in [6.07, 6.45) is 0. The fourth-order valence-electron chi connectivity index (χ4n) is 2.67. The molecule has 0 unspecified atom stereocenters. The number of rotatable bonds is 5. The minimum absolute atomic E-state index is 0.168. The number of anilines is 1. The normalized spacial score (nSPS) is 11.9. The molecule has 3 aromatic rings. The van der Waals surface area contributed by atoms with Gasteiger partial charge in [0.1, 0.15) is 0 Å². The van der Waals surface area contributed by atoms with Gasteiger partial charge in [-0.2, -0.15) is 0 Å². The van der Waals surface area contributed by atoms with Crippen LogP contribution in [0.25, 0.3) is 11.3 Å². The molecule has 0 atom stereocenters. The number of ether oxygens (including phenoxy) is 4. The number of nitrogens with one attached hydrogen (secondary N) is 1. The topological polar surface area (TPSA) is 78.9 Å². The summed E-state index contributed by atoms with van der Waals surface area (Å²) in [6.45, 7) is 0.168. The van der Waals surface area contributed by atoms with Gasteiger partial charge < -0.3 is 18.9 Å². The molecule has 1 aliphatic rings. The molecule has 27 heavy (non-hydrogen) atoms. The van der Waals surface area contributed by atoms with Crippen LogP contribution in [0.3, 0.4) is 0 Å². The van der Waals surface area contributed by atoms with Crippen LogP contribution in [0.1, 0.15) is 10.4 Å². The first-order chi connectivity index (χ1) is 13.2. The van der Waals surface area contributed by atoms with E-state index in [4.69, 9.17) is 18.9 Å². The predicted molar refractivity (Wildman–Crippen MR) is 101 cm³/mol. The molecule has 0 radical (unpaired) electrons. The van der Waals surface area contributed by atoms with Gasteiger partial charge in [-0.3, -0.25) is 10.1 Å². The molecule has 2 aromatic carbocycles. The van der Waals surface area contributed by atoms with E-state index in [0.717, 1.165) is 11.3 Å². The van der Waals surface area contributed by atoms with Gasteiger partial charge in [0.25, 0.3) is 5.91 Å². The summed E-state index contributed by atoms with van der Waals surface area (Å²) in [5, 5.41) is 5.18. The zero-order chi connectivity index (χ0) is 18.8. The molecule has 0 spiro atoms. The van der Waals surface area contributed by atoms with Crippen molar-refractivity contribution in [3.63, 3.8) is 0 Å². The standard InChI is InChI=1S/C19H16N2O5S/c1-23-14-5-3-11(7-16(14)24-2)13-9-27-19(20-13)21-18(22)12-4-6-15-17(8-12)26-10-25-15/h3-9H,10H2,1-2H3,(H,20,21,22). The summed E-state index contributed by atoms with van der Waals surface area (Å²) in [4.78, 5) is 16.9. The van der Waals surface area contributed by atoms with Gasteiger partial charge in [0.2, 0.25) is 6.79 Å². The molecule has 0 fully saturated rings. The largest absolute Gasteiger partial charge is 0.493 e. The van der Waals surface area contributed by atoms with E-state index in [1.54, 1.807) is 32.4 Å².